The average Bonchev–Trinajstić information content (AvgIpc) is 2.38. The van der Waals surface area contributed by atoms with Crippen molar-refractivity contribution in [3.05, 3.63) is 58.6 Å². The molecule has 0 unspecified atom stereocenters. The van der Waals surface area contributed by atoms with Crippen LogP contribution in [0.1, 0.15) is 34.6 Å². The van der Waals surface area contributed by atoms with Crippen molar-refractivity contribution in [3.63, 3.8) is 0 Å². The number of carbonyl (C=O) groups is 2. The minimum absolute atomic E-state index is 0.0135. The van der Waals surface area contributed by atoms with Crippen molar-refractivity contribution in [3.8, 4) is 11.1 Å². The fourth-order valence-electron chi connectivity index (χ4n) is 1.85. The Morgan fingerprint density at radius 3 is 1.84 bits per heavy atom. The van der Waals surface area contributed by atoms with Gasteiger partial charge in [0.1, 0.15) is 0 Å². The Morgan fingerprint density at radius 2 is 1.37 bits per heavy atom. The Balaban J connectivity index is 2.41. The Hall–Kier alpha value is -1.93. The summed E-state index contributed by atoms with van der Waals surface area (Å²) in [5, 5.41) is 0.531. The minimum atomic E-state index is -0.0135. The van der Waals surface area contributed by atoms with Gasteiger partial charge < -0.3 is 0 Å². The second kappa shape index (κ2) is 5.37. The van der Waals surface area contributed by atoms with Crippen molar-refractivity contribution in [1.29, 1.82) is 0 Å². The van der Waals surface area contributed by atoms with Crippen molar-refractivity contribution in [2.75, 3.05) is 0 Å². The van der Waals surface area contributed by atoms with Crippen LogP contribution >= 0.6 is 11.6 Å². The molecule has 2 aromatic rings. The Labute approximate surface area is 117 Å². The van der Waals surface area contributed by atoms with Crippen LogP contribution in [0.15, 0.2) is 42.5 Å². The SMILES string of the molecule is CC(=O)c1ccc(-c2ccc(C(C)=O)cc2Cl)cc1. The van der Waals surface area contributed by atoms with E-state index >= 15 is 0 Å². The number of rotatable bonds is 3. The highest BCUT2D eigenvalue weighted by atomic mass is 35.5. The smallest absolute Gasteiger partial charge is 0.159 e. The Bertz CT molecular complexity index is 642. The molecule has 0 radical (unpaired) electrons. The summed E-state index contributed by atoms with van der Waals surface area (Å²) >= 11 is 6.19. The van der Waals surface area contributed by atoms with Crippen LogP contribution in [0.2, 0.25) is 5.02 Å². The second-order valence-electron chi connectivity index (χ2n) is 4.38. The van der Waals surface area contributed by atoms with Crippen molar-refractivity contribution in [2.45, 2.75) is 13.8 Å². The highest BCUT2D eigenvalue weighted by Crippen LogP contribution is 2.29. The molecule has 0 saturated heterocycles. The van der Waals surface area contributed by atoms with Crippen molar-refractivity contribution in [1.82, 2.24) is 0 Å². The van der Waals surface area contributed by atoms with Gasteiger partial charge in [-0.1, -0.05) is 48.0 Å². The second-order valence-corrected chi connectivity index (χ2v) is 4.79. The van der Waals surface area contributed by atoms with Crippen LogP contribution in [0.3, 0.4) is 0 Å². The quantitative estimate of drug-likeness (QED) is 0.776. The first-order chi connectivity index (χ1) is 8.99. The highest BCUT2D eigenvalue weighted by molar-refractivity contribution is 6.33. The molecule has 0 N–H and O–H groups in total. The van der Waals surface area contributed by atoms with Gasteiger partial charge in [0, 0.05) is 21.7 Å². The van der Waals surface area contributed by atoms with E-state index in [9.17, 15) is 9.59 Å². The summed E-state index contributed by atoms with van der Waals surface area (Å²) in [6.07, 6.45) is 0. The van der Waals surface area contributed by atoms with E-state index in [4.69, 9.17) is 11.6 Å². The maximum absolute atomic E-state index is 11.3. The van der Waals surface area contributed by atoms with Crippen LogP contribution < -0.4 is 0 Å². The fourth-order valence-corrected chi connectivity index (χ4v) is 2.14. The molecule has 0 spiro atoms. The van der Waals surface area contributed by atoms with E-state index in [0.29, 0.717) is 16.1 Å². The molecule has 0 aliphatic rings. The third kappa shape index (κ3) is 2.91. The van der Waals surface area contributed by atoms with E-state index < -0.39 is 0 Å². The minimum Gasteiger partial charge on any atom is -0.295 e. The maximum Gasteiger partial charge on any atom is 0.159 e. The van der Waals surface area contributed by atoms with Crippen LogP contribution in [0.5, 0.6) is 0 Å². The van der Waals surface area contributed by atoms with Crippen LogP contribution in [0.4, 0.5) is 0 Å². The van der Waals surface area contributed by atoms with E-state index in [1.54, 1.807) is 24.3 Å². The number of hydrogen-bond donors (Lipinski definition) is 0. The lowest BCUT2D eigenvalue weighted by molar-refractivity contribution is 0.100. The summed E-state index contributed by atoms with van der Waals surface area (Å²) in [6, 6.07) is 12.5. The molecule has 2 aromatic carbocycles. The lowest BCUT2D eigenvalue weighted by atomic mass is 10.0. The first kappa shape index (κ1) is 13.5. The standard InChI is InChI=1S/C16H13ClO2/c1-10(18)12-3-5-13(6-4-12)15-8-7-14(11(2)19)9-16(15)17/h3-9H,1-2H3. The van der Waals surface area contributed by atoms with E-state index in [-0.39, 0.29) is 11.6 Å². The number of hydrogen-bond acceptors (Lipinski definition) is 2. The van der Waals surface area contributed by atoms with Gasteiger partial charge in [-0.05, 0) is 25.5 Å². The van der Waals surface area contributed by atoms with Gasteiger partial charge in [0.2, 0.25) is 0 Å². The monoisotopic (exact) mass is 272 g/mol. The molecule has 2 nitrogen and oxygen atoms in total. The van der Waals surface area contributed by atoms with Crippen molar-refractivity contribution >= 4 is 23.2 Å². The normalized spacial score (nSPS) is 10.3. The number of halogens is 1. The summed E-state index contributed by atoms with van der Waals surface area (Å²) in [7, 11) is 0. The van der Waals surface area contributed by atoms with Crippen LogP contribution in [0, 0.1) is 0 Å². The number of benzene rings is 2. The molecular weight excluding hydrogens is 260 g/mol. The summed E-state index contributed by atoms with van der Waals surface area (Å²) in [5.74, 6) is 0.0185. The molecule has 3 heteroatoms. The zero-order chi connectivity index (χ0) is 14.0. The first-order valence-electron chi connectivity index (χ1n) is 5.91. The van der Waals surface area contributed by atoms with Gasteiger partial charge in [-0.25, -0.2) is 0 Å². The van der Waals surface area contributed by atoms with Crippen molar-refractivity contribution < 1.29 is 9.59 Å². The van der Waals surface area contributed by atoms with E-state index in [0.717, 1.165) is 11.1 Å². The third-order valence-corrected chi connectivity index (χ3v) is 3.29. The molecule has 0 fully saturated rings. The lowest BCUT2D eigenvalue weighted by Crippen LogP contribution is -1.93. The predicted octanol–water partition coefficient (Wildman–Crippen LogP) is 4.41. The molecule has 0 bridgehead atoms. The molecule has 0 atom stereocenters. The summed E-state index contributed by atoms with van der Waals surface area (Å²) in [6.45, 7) is 3.04. The van der Waals surface area contributed by atoms with Gasteiger partial charge in [0.15, 0.2) is 11.6 Å². The topological polar surface area (TPSA) is 34.1 Å². The Kier molecular flexibility index (Phi) is 3.82. The third-order valence-electron chi connectivity index (χ3n) is 2.98. The van der Waals surface area contributed by atoms with Crippen molar-refractivity contribution in [2.24, 2.45) is 0 Å². The lowest BCUT2D eigenvalue weighted by Gasteiger charge is -2.06. The number of ketones is 2. The molecule has 0 aliphatic carbocycles. The molecule has 19 heavy (non-hydrogen) atoms. The molecule has 0 amide bonds. The van der Waals surface area contributed by atoms with E-state index in [1.165, 1.54) is 13.8 Å². The number of Topliss-reactive ketones (excluding diaryl/α,β-unsaturated/α-hetero) is 2. The van der Waals surface area contributed by atoms with Gasteiger partial charge in [0.05, 0.1) is 0 Å². The van der Waals surface area contributed by atoms with E-state index in [1.807, 2.05) is 18.2 Å². The van der Waals surface area contributed by atoms with Gasteiger partial charge >= 0.3 is 0 Å². The molecule has 0 aliphatic heterocycles. The van der Waals surface area contributed by atoms with Crippen LogP contribution in [-0.4, -0.2) is 11.6 Å². The van der Waals surface area contributed by atoms with Gasteiger partial charge in [0.25, 0.3) is 0 Å². The van der Waals surface area contributed by atoms with Gasteiger partial charge in [-0.2, -0.15) is 0 Å². The molecular formula is C16H13ClO2. The Morgan fingerprint density at radius 1 is 0.842 bits per heavy atom. The maximum atomic E-state index is 11.3. The average molecular weight is 273 g/mol. The highest BCUT2D eigenvalue weighted by Gasteiger charge is 2.07. The van der Waals surface area contributed by atoms with Gasteiger partial charge in [-0.15, -0.1) is 0 Å². The molecule has 0 saturated carbocycles. The fraction of sp³-hybridized carbons (Fsp3) is 0.125. The van der Waals surface area contributed by atoms with E-state index in [2.05, 4.69) is 0 Å². The molecule has 96 valence electrons. The summed E-state index contributed by atoms with van der Waals surface area (Å²) in [5.41, 5.74) is 3.03. The number of carbonyl (C=O) groups excluding carboxylic acids is 2. The molecule has 0 heterocycles. The zero-order valence-corrected chi connectivity index (χ0v) is 11.5. The van der Waals surface area contributed by atoms with Crippen LogP contribution in [0.25, 0.3) is 11.1 Å². The molecule has 2 rings (SSSR count). The van der Waals surface area contributed by atoms with Crippen LogP contribution in [-0.2, 0) is 0 Å². The first-order valence-corrected chi connectivity index (χ1v) is 6.28. The largest absolute Gasteiger partial charge is 0.295 e. The van der Waals surface area contributed by atoms with Gasteiger partial charge in [-0.3, -0.25) is 9.59 Å². The summed E-state index contributed by atoms with van der Waals surface area (Å²) in [4.78, 5) is 22.5. The molecule has 0 aromatic heterocycles. The zero-order valence-electron chi connectivity index (χ0n) is 10.7. The predicted molar refractivity (Wildman–Crippen MR) is 76.9 cm³/mol. The summed E-state index contributed by atoms with van der Waals surface area (Å²) < 4.78 is 0.